The van der Waals surface area contributed by atoms with Gasteiger partial charge in [-0.1, -0.05) is 29.8 Å². The fourth-order valence-corrected chi connectivity index (χ4v) is 2.36. The van der Waals surface area contributed by atoms with Gasteiger partial charge in [-0.3, -0.25) is 4.90 Å². The van der Waals surface area contributed by atoms with Gasteiger partial charge in [-0.25, -0.2) is 4.98 Å². The Hall–Kier alpha value is -1.16. The minimum Gasteiger partial charge on any atom is -0.318 e. The molecule has 1 aromatic carbocycles. The SMILES string of the molecule is CNCCN(C)Cc1nc2ccccc2c(C)c1Cl. The van der Waals surface area contributed by atoms with Crippen molar-refractivity contribution in [1.29, 1.82) is 0 Å². The van der Waals surface area contributed by atoms with Gasteiger partial charge in [0.1, 0.15) is 0 Å². The van der Waals surface area contributed by atoms with E-state index < -0.39 is 0 Å². The number of rotatable bonds is 5. The maximum Gasteiger partial charge on any atom is 0.0740 e. The standard InChI is InChI=1S/C15H20ClN3/c1-11-12-6-4-5-7-13(12)18-14(15(11)16)10-19(3)9-8-17-2/h4-7,17H,8-10H2,1-3H3. The summed E-state index contributed by atoms with van der Waals surface area (Å²) >= 11 is 6.45. The van der Waals surface area contributed by atoms with Crippen molar-refractivity contribution in [2.45, 2.75) is 13.5 Å². The van der Waals surface area contributed by atoms with Crippen molar-refractivity contribution >= 4 is 22.5 Å². The molecule has 0 aliphatic carbocycles. The van der Waals surface area contributed by atoms with Gasteiger partial charge in [-0.05, 0) is 32.6 Å². The molecular formula is C15H20ClN3. The summed E-state index contributed by atoms with van der Waals surface area (Å²) in [5, 5.41) is 5.07. The quantitative estimate of drug-likeness (QED) is 0.911. The number of benzene rings is 1. The predicted octanol–water partition coefficient (Wildman–Crippen LogP) is 2.85. The number of para-hydroxylation sites is 1. The number of hydrogen-bond donors (Lipinski definition) is 1. The normalized spacial score (nSPS) is 11.4. The van der Waals surface area contributed by atoms with E-state index in [-0.39, 0.29) is 0 Å². The number of halogens is 1. The van der Waals surface area contributed by atoms with Crippen LogP contribution in [-0.4, -0.2) is 37.1 Å². The summed E-state index contributed by atoms with van der Waals surface area (Å²) in [6.45, 7) is 4.76. The molecule has 1 aromatic heterocycles. The molecule has 2 aromatic rings. The second-order valence-corrected chi connectivity index (χ2v) is 5.23. The Morgan fingerprint density at radius 3 is 2.79 bits per heavy atom. The van der Waals surface area contributed by atoms with Crippen LogP contribution in [0.4, 0.5) is 0 Å². The Kier molecular flexibility index (Phi) is 4.75. The Morgan fingerprint density at radius 2 is 2.05 bits per heavy atom. The minimum absolute atomic E-state index is 0.770. The molecule has 0 fully saturated rings. The van der Waals surface area contributed by atoms with Gasteiger partial charge in [0.05, 0.1) is 16.2 Å². The van der Waals surface area contributed by atoms with Crippen LogP contribution in [0.1, 0.15) is 11.3 Å². The first kappa shape index (κ1) is 14.3. The van der Waals surface area contributed by atoms with Crippen molar-refractivity contribution in [3.8, 4) is 0 Å². The van der Waals surface area contributed by atoms with Crippen LogP contribution in [0.3, 0.4) is 0 Å². The summed E-state index contributed by atoms with van der Waals surface area (Å²) in [6, 6.07) is 8.14. The van der Waals surface area contributed by atoms with Crippen molar-refractivity contribution in [1.82, 2.24) is 15.2 Å². The molecule has 0 saturated heterocycles. The van der Waals surface area contributed by atoms with E-state index in [1.165, 1.54) is 0 Å². The molecule has 0 unspecified atom stereocenters. The van der Waals surface area contributed by atoms with E-state index in [1.54, 1.807) is 0 Å². The molecule has 1 N–H and O–H groups in total. The number of aryl methyl sites for hydroxylation is 1. The van der Waals surface area contributed by atoms with Gasteiger partial charge < -0.3 is 5.32 Å². The second-order valence-electron chi connectivity index (χ2n) is 4.86. The van der Waals surface area contributed by atoms with E-state index >= 15 is 0 Å². The van der Waals surface area contributed by atoms with E-state index in [4.69, 9.17) is 11.6 Å². The molecule has 1 heterocycles. The third-order valence-corrected chi connectivity index (χ3v) is 3.81. The zero-order valence-corrected chi connectivity index (χ0v) is 12.5. The van der Waals surface area contributed by atoms with Gasteiger partial charge in [0.2, 0.25) is 0 Å². The third-order valence-electron chi connectivity index (χ3n) is 3.31. The number of nitrogens with one attached hydrogen (secondary N) is 1. The zero-order valence-electron chi connectivity index (χ0n) is 11.7. The maximum absolute atomic E-state index is 6.45. The van der Waals surface area contributed by atoms with E-state index in [2.05, 4.69) is 35.2 Å². The van der Waals surface area contributed by atoms with Crippen LogP contribution in [0.15, 0.2) is 24.3 Å². The van der Waals surface area contributed by atoms with Crippen molar-refractivity contribution in [3.05, 3.63) is 40.5 Å². The molecule has 0 atom stereocenters. The number of hydrogen-bond acceptors (Lipinski definition) is 3. The molecule has 0 aliphatic heterocycles. The van der Waals surface area contributed by atoms with E-state index in [9.17, 15) is 0 Å². The zero-order chi connectivity index (χ0) is 13.8. The average molecular weight is 278 g/mol. The summed E-state index contributed by atoms with van der Waals surface area (Å²) in [5.41, 5.74) is 3.09. The van der Waals surface area contributed by atoms with Crippen molar-refractivity contribution in [2.75, 3.05) is 27.2 Å². The lowest BCUT2D eigenvalue weighted by Gasteiger charge is -2.18. The van der Waals surface area contributed by atoms with Crippen LogP contribution in [0, 0.1) is 6.92 Å². The molecule has 0 saturated carbocycles. The fourth-order valence-electron chi connectivity index (χ4n) is 2.16. The summed E-state index contributed by atoms with van der Waals surface area (Å²) in [4.78, 5) is 6.91. The van der Waals surface area contributed by atoms with Gasteiger partial charge in [-0.15, -0.1) is 0 Å². The molecule has 102 valence electrons. The summed E-state index contributed by atoms with van der Waals surface area (Å²) < 4.78 is 0. The smallest absolute Gasteiger partial charge is 0.0740 e. The maximum atomic E-state index is 6.45. The monoisotopic (exact) mass is 277 g/mol. The first-order valence-corrected chi connectivity index (χ1v) is 6.88. The van der Waals surface area contributed by atoms with Gasteiger partial charge in [-0.2, -0.15) is 0 Å². The van der Waals surface area contributed by atoms with Gasteiger partial charge in [0.25, 0.3) is 0 Å². The lowest BCUT2D eigenvalue weighted by molar-refractivity contribution is 0.324. The molecule has 0 spiro atoms. The molecule has 0 aliphatic rings. The summed E-state index contributed by atoms with van der Waals surface area (Å²) in [5.74, 6) is 0. The van der Waals surface area contributed by atoms with Crippen molar-refractivity contribution in [3.63, 3.8) is 0 Å². The van der Waals surface area contributed by atoms with Gasteiger partial charge >= 0.3 is 0 Å². The number of fused-ring (bicyclic) bond motifs is 1. The van der Waals surface area contributed by atoms with E-state index in [0.717, 1.165) is 46.8 Å². The van der Waals surface area contributed by atoms with Gasteiger partial charge in [0, 0.05) is 25.0 Å². The third kappa shape index (κ3) is 3.24. The fraction of sp³-hybridized carbons (Fsp3) is 0.400. The highest BCUT2D eigenvalue weighted by molar-refractivity contribution is 6.32. The first-order chi connectivity index (χ1) is 9.13. The summed E-state index contributed by atoms with van der Waals surface area (Å²) in [6.07, 6.45) is 0. The Morgan fingerprint density at radius 1 is 1.32 bits per heavy atom. The number of pyridine rings is 1. The number of aromatic nitrogens is 1. The topological polar surface area (TPSA) is 28.2 Å². The van der Waals surface area contributed by atoms with E-state index in [0.29, 0.717) is 0 Å². The summed E-state index contributed by atoms with van der Waals surface area (Å²) in [7, 11) is 4.04. The average Bonchev–Trinajstić information content (AvgIpc) is 2.42. The molecule has 4 heteroatoms. The highest BCUT2D eigenvalue weighted by atomic mass is 35.5. The predicted molar refractivity (Wildman–Crippen MR) is 81.8 cm³/mol. The van der Waals surface area contributed by atoms with Crippen LogP contribution in [0.25, 0.3) is 10.9 Å². The Labute approximate surface area is 119 Å². The van der Waals surface area contributed by atoms with Crippen molar-refractivity contribution in [2.24, 2.45) is 0 Å². The lowest BCUT2D eigenvalue weighted by Crippen LogP contribution is -2.27. The number of likely N-dealkylation sites (N-methyl/N-ethyl adjacent to an activating group) is 2. The lowest BCUT2D eigenvalue weighted by atomic mass is 10.1. The molecule has 0 bridgehead atoms. The molecule has 0 radical (unpaired) electrons. The van der Waals surface area contributed by atoms with Crippen LogP contribution in [0.2, 0.25) is 5.02 Å². The van der Waals surface area contributed by atoms with Crippen LogP contribution < -0.4 is 5.32 Å². The van der Waals surface area contributed by atoms with E-state index in [1.807, 2.05) is 25.2 Å². The van der Waals surface area contributed by atoms with Crippen molar-refractivity contribution < 1.29 is 0 Å². The molecule has 0 amide bonds. The highest BCUT2D eigenvalue weighted by Gasteiger charge is 2.11. The van der Waals surface area contributed by atoms with Crippen LogP contribution in [-0.2, 0) is 6.54 Å². The molecule has 19 heavy (non-hydrogen) atoms. The number of nitrogens with zero attached hydrogens (tertiary/aromatic N) is 2. The molecule has 3 nitrogen and oxygen atoms in total. The molecule has 2 rings (SSSR count). The first-order valence-electron chi connectivity index (χ1n) is 6.50. The molecular weight excluding hydrogens is 258 g/mol. The van der Waals surface area contributed by atoms with Gasteiger partial charge in [0.15, 0.2) is 0 Å². The van der Waals surface area contributed by atoms with Crippen LogP contribution in [0.5, 0.6) is 0 Å². The Bertz CT molecular complexity index is 569. The Balaban J connectivity index is 2.30. The van der Waals surface area contributed by atoms with Crippen LogP contribution >= 0.6 is 11.6 Å². The highest BCUT2D eigenvalue weighted by Crippen LogP contribution is 2.27. The minimum atomic E-state index is 0.770. The largest absolute Gasteiger partial charge is 0.318 e. The second kappa shape index (κ2) is 6.33.